The van der Waals surface area contributed by atoms with Gasteiger partial charge in [-0.2, -0.15) is 0 Å². The minimum absolute atomic E-state index is 0.0578. The van der Waals surface area contributed by atoms with Crippen LogP contribution in [0.4, 0.5) is 11.4 Å². The highest BCUT2D eigenvalue weighted by molar-refractivity contribution is 5.97. The number of anilines is 2. The van der Waals surface area contributed by atoms with Crippen molar-refractivity contribution in [1.82, 2.24) is 0 Å². The monoisotopic (exact) mass is 232 g/mol. The molecule has 0 spiro atoms. The van der Waals surface area contributed by atoms with Crippen LogP contribution in [0.15, 0.2) is 18.2 Å². The Labute approximate surface area is 103 Å². The number of hydrogen-bond acceptors (Lipinski definition) is 2. The molecule has 1 aromatic carbocycles. The fraction of sp³-hybridized carbons (Fsp3) is 0.500. The van der Waals surface area contributed by atoms with E-state index in [2.05, 4.69) is 13.8 Å². The lowest BCUT2D eigenvalue weighted by Crippen LogP contribution is -2.35. The third-order valence-corrected chi connectivity index (χ3v) is 3.72. The number of nitrogen functional groups attached to an aromatic ring is 1. The summed E-state index contributed by atoms with van der Waals surface area (Å²) in [6.45, 7) is 6.93. The van der Waals surface area contributed by atoms with Gasteiger partial charge < -0.3 is 10.6 Å². The Morgan fingerprint density at radius 2 is 2.06 bits per heavy atom. The highest BCUT2D eigenvalue weighted by atomic mass is 16.2. The molecule has 1 aliphatic heterocycles. The fourth-order valence-corrected chi connectivity index (χ4v) is 2.22. The number of hydrogen-bond donors (Lipinski definition) is 1. The van der Waals surface area contributed by atoms with Gasteiger partial charge in [0, 0.05) is 29.4 Å². The van der Waals surface area contributed by atoms with E-state index < -0.39 is 0 Å². The van der Waals surface area contributed by atoms with Crippen LogP contribution in [-0.2, 0) is 11.2 Å². The van der Waals surface area contributed by atoms with Crippen molar-refractivity contribution >= 4 is 17.3 Å². The van der Waals surface area contributed by atoms with Crippen LogP contribution in [0.2, 0.25) is 0 Å². The number of benzene rings is 1. The van der Waals surface area contributed by atoms with E-state index in [4.69, 9.17) is 5.73 Å². The van der Waals surface area contributed by atoms with Gasteiger partial charge in [0.1, 0.15) is 0 Å². The lowest BCUT2D eigenvalue weighted by Gasteiger charge is -2.23. The average Bonchev–Trinajstić information content (AvgIpc) is 2.72. The predicted molar refractivity (Wildman–Crippen MR) is 70.9 cm³/mol. The number of nitrogens with zero attached hydrogens (tertiary/aromatic N) is 1. The molecule has 3 heteroatoms. The Bertz CT molecular complexity index is 440. The SMILES string of the molecule is CC(C)C(C)C(=O)N1CCc2c(N)cccc21. The summed E-state index contributed by atoms with van der Waals surface area (Å²) in [6.07, 6.45) is 0.874. The summed E-state index contributed by atoms with van der Waals surface area (Å²) >= 11 is 0. The summed E-state index contributed by atoms with van der Waals surface area (Å²) in [5.74, 6) is 0.638. The molecule has 1 unspecified atom stereocenters. The molecule has 0 radical (unpaired) electrons. The highest BCUT2D eigenvalue weighted by Gasteiger charge is 2.29. The molecule has 0 saturated carbocycles. The van der Waals surface area contributed by atoms with Gasteiger partial charge in [0.25, 0.3) is 0 Å². The zero-order valence-electron chi connectivity index (χ0n) is 10.7. The number of nitrogens with two attached hydrogens (primary N) is 1. The molecule has 0 saturated heterocycles. The van der Waals surface area contributed by atoms with Gasteiger partial charge in [0.2, 0.25) is 5.91 Å². The molecule has 1 aliphatic rings. The summed E-state index contributed by atoms with van der Waals surface area (Å²) in [5.41, 5.74) is 8.86. The molecule has 0 aliphatic carbocycles. The molecule has 0 fully saturated rings. The molecule has 92 valence electrons. The number of amides is 1. The second-order valence-electron chi connectivity index (χ2n) is 5.12. The van der Waals surface area contributed by atoms with Crippen molar-refractivity contribution in [2.45, 2.75) is 27.2 Å². The van der Waals surface area contributed by atoms with Gasteiger partial charge >= 0.3 is 0 Å². The molecule has 1 aromatic rings. The number of carbonyl (C=O) groups excluding carboxylic acids is 1. The Morgan fingerprint density at radius 3 is 2.71 bits per heavy atom. The van der Waals surface area contributed by atoms with E-state index >= 15 is 0 Å². The molecule has 0 aromatic heterocycles. The second-order valence-corrected chi connectivity index (χ2v) is 5.12. The van der Waals surface area contributed by atoms with E-state index in [0.717, 1.165) is 29.9 Å². The van der Waals surface area contributed by atoms with E-state index in [1.54, 1.807) is 0 Å². The van der Waals surface area contributed by atoms with Crippen molar-refractivity contribution in [2.24, 2.45) is 11.8 Å². The van der Waals surface area contributed by atoms with Gasteiger partial charge in [0.15, 0.2) is 0 Å². The number of carbonyl (C=O) groups is 1. The first kappa shape index (κ1) is 12.0. The van der Waals surface area contributed by atoms with Crippen LogP contribution in [0, 0.1) is 11.8 Å². The van der Waals surface area contributed by atoms with E-state index in [-0.39, 0.29) is 11.8 Å². The normalized spacial score (nSPS) is 16.1. The van der Waals surface area contributed by atoms with E-state index in [1.165, 1.54) is 0 Å². The molecule has 17 heavy (non-hydrogen) atoms. The largest absolute Gasteiger partial charge is 0.398 e. The summed E-state index contributed by atoms with van der Waals surface area (Å²) in [4.78, 5) is 14.2. The zero-order chi connectivity index (χ0) is 12.6. The first-order valence-electron chi connectivity index (χ1n) is 6.21. The van der Waals surface area contributed by atoms with Gasteiger partial charge in [-0.3, -0.25) is 4.79 Å². The van der Waals surface area contributed by atoms with Gasteiger partial charge in [-0.25, -0.2) is 0 Å². The molecule has 3 nitrogen and oxygen atoms in total. The molecule has 2 N–H and O–H groups in total. The molecule has 1 atom stereocenters. The van der Waals surface area contributed by atoms with Crippen LogP contribution in [0.5, 0.6) is 0 Å². The smallest absolute Gasteiger partial charge is 0.230 e. The fourth-order valence-electron chi connectivity index (χ4n) is 2.22. The minimum atomic E-state index is 0.0578. The van der Waals surface area contributed by atoms with Crippen molar-refractivity contribution in [3.8, 4) is 0 Å². The molecule has 1 heterocycles. The summed E-state index contributed by atoms with van der Waals surface area (Å²) < 4.78 is 0. The molecule has 2 rings (SSSR count). The predicted octanol–water partition coefficient (Wildman–Crippen LogP) is 2.45. The Kier molecular flexibility index (Phi) is 3.09. The average molecular weight is 232 g/mol. The van der Waals surface area contributed by atoms with E-state index in [1.807, 2.05) is 30.0 Å². The summed E-state index contributed by atoms with van der Waals surface area (Å²) in [7, 11) is 0. The van der Waals surface area contributed by atoms with Crippen molar-refractivity contribution in [3.63, 3.8) is 0 Å². The Morgan fingerprint density at radius 1 is 1.35 bits per heavy atom. The van der Waals surface area contributed by atoms with Gasteiger partial charge in [0.05, 0.1) is 0 Å². The Hall–Kier alpha value is -1.51. The zero-order valence-corrected chi connectivity index (χ0v) is 10.7. The van der Waals surface area contributed by atoms with Crippen LogP contribution >= 0.6 is 0 Å². The molecular weight excluding hydrogens is 212 g/mol. The molecule has 1 amide bonds. The van der Waals surface area contributed by atoms with Crippen molar-refractivity contribution in [1.29, 1.82) is 0 Å². The standard InChI is InChI=1S/C14H20N2O/c1-9(2)10(3)14(17)16-8-7-11-12(15)5-4-6-13(11)16/h4-6,9-10H,7-8,15H2,1-3H3. The lowest BCUT2D eigenvalue weighted by atomic mass is 9.96. The minimum Gasteiger partial charge on any atom is -0.398 e. The summed E-state index contributed by atoms with van der Waals surface area (Å²) in [6, 6.07) is 5.81. The van der Waals surface area contributed by atoms with Crippen molar-refractivity contribution in [2.75, 3.05) is 17.2 Å². The maximum atomic E-state index is 12.3. The van der Waals surface area contributed by atoms with Gasteiger partial charge in [-0.15, -0.1) is 0 Å². The maximum Gasteiger partial charge on any atom is 0.230 e. The van der Waals surface area contributed by atoms with E-state index in [0.29, 0.717) is 5.92 Å². The topological polar surface area (TPSA) is 46.3 Å². The van der Waals surface area contributed by atoms with Crippen molar-refractivity contribution in [3.05, 3.63) is 23.8 Å². The Balaban J connectivity index is 2.28. The van der Waals surface area contributed by atoms with Gasteiger partial charge in [-0.1, -0.05) is 26.8 Å². The third kappa shape index (κ3) is 2.02. The maximum absolute atomic E-state index is 12.3. The molecule has 0 bridgehead atoms. The first-order chi connectivity index (χ1) is 8.02. The molecular formula is C14H20N2O. The van der Waals surface area contributed by atoms with Gasteiger partial charge in [-0.05, 0) is 24.5 Å². The quantitative estimate of drug-likeness (QED) is 0.796. The first-order valence-corrected chi connectivity index (χ1v) is 6.21. The third-order valence-electron chi connectivity index (χ3n) is 3.72. The van der Waals surface area contributed by atoms with Crippen LogP contribution < -0.4 is 10.6 Å². The second kappa shape index (κ2) is 4.40. The van der Waals surface area contributed by atoms with Crippen LogP contribution in [0.25, 0.3) is 0 Å². The van der Waals surface area contributed by atoms with Crippen LogP contribution in [-0.4, -0.2) is 12.5 Å². The number of fused-ring (bicyclic) bond motifs is 1. The highest BCUT2D eigenvalue weighted by Crippen LogP contribution is 2.33. The summed E-state index contributed by atoms with van der Waals surface area (Å²) in [5, 5.41) is 0. The van der Waals surface area contributed by atoms with Crippen LogP contribution in [0.1, 0.15) is 26.3 Å². The lowest BCUT2D eigenvalue weighted by molar-refractivity contribution is -0.122. The van der Waals surface area contributed by atoms with Crippen LogP contribution in [0.3, 0.4) is 0 Å². The number of rotatable bonds is 2. The van der Waals surface area contributed by atoms with Crippen molar-refractivity contribution < 1.29 is 4.79 Å². The van der Waals surface area contributed by atoms with E-state index in [9.17, 15) is 4.79 Å².